The Balaban J connectivity index is 1.95. The van der Waals surface area contributed by atoms with Gasteiger partial charge < -0.3 is 10.6 Å². The van der Waals surface area contributed by atoms with Crippen molar-refractivity contribution in [1.29, 1.82) is 0 Å². The number of carbonyl (C=O) groups excluding carboxylic acids is 2. The zero-order valence-corrected chi connectivity index (χ0v) is 13.0. The van der Waals surface area contributed by atoms with Gasteiger partial charge in [-0.3, -0.25) is 15.0 Å². The van der Waals surface area contributed by atoms with Crippen molar-refractivity contribution in [3.05, 3.63) is 71.4 Å². The molecule has 0 unspecified atom stereocenters. The van der Waals surface area contributed by atoms with E-state index in [1.807, 2.05) is 47.9 Å². The van der Waals surface area contributed by atoms with Gasteiger partial charge in [-0.05, 0) is 18.1 Å². The summed E-state index contributed by atoms with van der Waals surface area (Å²) in [5.74, 6) is 4.18. The zero-order valence-electron chi connectivity index (χ0n) is 13.0. The molecule has 3 rings (SSSR count). The predicted octanol–water partition coefficient (Wildman–Crippen LogP) is 0.936. The molecule has 1 aliphatic rings. The molecule has 0 saturated carbocycles. The fourth-order valence-corrected chi connectivity index (χ4v) is 2.84. The van der Waals surface area contributed by atoms with Crippen LogP contribution in [0, 0.1) is 0 Å². The first kappa shape index (κ1) is 15.8. The Kier molecular flexibility index (Phi) is 4.31. The standard InChI is InChI=1S/C18H18N4O2/c19-16(17(23)21-20)15-13-8-4-5-9-14(13)22(18(15)24)11-10-12-6-2-1-3-7-12/h1-9H,10-11,19-20H2,(H,21,23). The van der Waals surface area contributed by atoms with Crippen molar-refractivity contribution in [1.82, 2.24) is 5.43 Å². The number of hydrazine groups is 1. The summed E-state index contributed by atoms with van der Waals surface area (Å²) in [7, 11) is 0. The van der Waals surface area contributed by atoms with Crippen LogP contribution in [0.5, 0.6) is 0 Å². The molecular weight excluding hydrogens is 304 g/mol. The molecule has 0 spiro atoms. The molecule has 1 heterocycles. The molecule has 2 aromatic rings. The lowest BCUT2D eigenvalue weighted by molar-refractivity contribution is -0.118. The third-order valence-electron chi connectivity index (χ3n) is 4.04. The van der Waals surface area contributed by atoms with E-state index in [1.165, 1.54) is 0 Å². The van der Waals surface area contributed by atoms with Crippen LogP contribution in [-0.4, -0.2) is 18.4 Å². The molecule has 0 atom stereocenters. The number of nitrogens with two attached hydrogens (primary N) is 2. The van der Waals surface area contributed by atoms with E-state index < -0.39 is 5.91 Å². The number of benzene rings is 2. The molecule has 24 heavy (non-hydrogen) atoms. The molecule has 2 amide bonds. The number of hydrogen-bond acceptors (Lipinski definition) is 4. The van der Waals surface area contributed by atoms with Crippen molar-refractivity contribution in [2.75, 3.05) is 11.4 Å². The van der Waals surface area contributed by atoms with Gasteiger partial charge in [-0.2, -0.15) is 0 Å². The smallest absolute Gasteiger partial charge is 0.281 e. The van der Waals surface area contributed by atoms with Crippen LogP contribution in [0.15, 0.2) is 60.3 Å². The van der Waals surface area contributed by atoms with Crippen LogP contribution in [0.25, 0.3) is 5.57 Å². The van der Waals surface area contributed by atoms with Crippen molar-refractivity contribution < 1.29 is 9.59 Å². The minimum Gasteiger partial charge on any atom is -0.394 e. The zero-order chi connectivity index (χ0) is 17.1. The third kappa shape index (κ3) is 2.75. The first-order chi connectivity index (χ1) is 11.6. The quantitative estimate of drug-likeness (QED) is 0.337. The van der Waals surface area contributed by atoms with E-state index >= 15 is 0 Å². The summed E-state index contributed by atoms with van der Waals surface area (Å²) >= 11 is 0. The fourth-order valence-electron chi connectivity index (χ4n) is 2.84. The summed E-state index contributed by atoms with van der Waals surface area (Å²) in [6.45, 7) is 0.501. The van der Waals surface area contributed by atoms with Crippen LogP contribution in [0.2, 0.25) is 0 Å². The first-order valence-corrected chi connectivity index (χ1v) is 7.59. The summed E-state index contributed by atoms with van der Waals surface area (Å²) < 4.78 is 0. The molecule has 1 aliphatic heterocycles. The van der Waals surface area contributed by atoms with E-state index in [9.17, 15) is 9.59 Å². The molecule has 5 N–H and O–H groups in total. The average Bonchev–Trinajstić information content (AvgIpc) is 2.91. The van der Waals surface area contributed by atoms with Crippen LogP contribution >= 0.6 is 0 Å². The van der Waals surface area contributed by atoms with E-state index in [1.54, 1.807) is 17.0 Å². The minimum atomic E-state index is -0.668. The van der Waals surface area contributed by atoms with E-state index in [4.69, 9.17) is 11.6 Å². The van der Waals surface area contributed by atoms with Crippen LogP contribution in [-0.2, 0) is 16.0 Å². The first-order valence-electron chi connectivity index (χ1n) is 7.59. The normalized spacial score (nSPS) is 15.2. The van der Waals surface area contributed by atoms with Crippen LogP contribution in [0.3, 0.4) is 0 Å². The highest BCUT2D eigenvalue weighted by molar-refractivity contribution is 6.36. The Morgan fingerprint density at radius 2 is 1.71 bits per heavy atom. The minimum absolute atomic E-state index is 0.169. The Labute approximate surface area is 139 Å². The van der Waals surface area contributed by atoms with Gasteiger partial charge in [0.25, 0.3) is 11.8 Å². The number of nitrogens with one attached hydrogen (secondary N) is 1. The van der Waals surface area contributed by atoms with Gasteiger partial charge in [-0.1, -0.05) is 48.5 Å². The van der Waals surface area contributed by atoms with E-state index in [0.29, 0.717) is 18.5 Å². The lowest BCUT2D eigenvalue weighted by atomic mass is 10.1. The SMILES string of the molecule is NNC(=O)C(N)=C1C(=O)N(CCc2ccccc2)c2ccccc21. The van der Waals surface area contributed by atoms with Gasteiger partial charge in [0.05, 0.1) is 11.3 Å². The summed E-state index contributed by atoms with van der Waals surface area (Å²) in [5, 5.41) is 0. The molecule has 6 nitrogen and oxygen atoms in total. The molecule has 0 bridgehead atoms. The summed E-state index contributed by atoms with van der Waals surface area (Å²) in [6.07, 6.45) is 0.706. The second kappa shape index (κ2) is 6.55. The number of carbonyl (C=O) groups is 2. The Hall–Kier alpha value is -3.12. The third-order valence-corrected chi connectivity index (χ3v) is 4.04. The number of amides is 2. The number of para-hydroxylation sites is 1. The molecule has 0 radical (unpaired) electrons. The van der Waals surface area contributed by atoms with Crippen molar-refractivity contribution in [3.63, 3.8) is 0 Å². The summed E-state index contributed by atoms with van der Waals surface area (Å²) in [5.41, 5.74) is 10.4. The monoisotopic (exact) mass is 322 g/mol. The van der Waals surface area contributed by atoms with Crippen molar-refractivity contribution >= 4 is 23.1 Å². The largest absolute Gasteiger partial charge is 0.394 e. The molecule has 0 aliphatic carbocycles. The van der Waals surface area contributed by atoms with Crippen LogP contribution in [0.4, 0.5) is 5.69 Å². The number of nitrogens with zero attached hydrogens (tertiary/aromatic N) is 1. The number of anilines is 1. The van der Waals surface area contributed by atoms with Crippen molar-refractivity contribution in [3.8, 4) is 0 Å². The number of hydrogen-bond donors (Lipinski definition) is 3. The van der Waals surface area contributed by atoms with Gasteiger partial charge in [0.15, 0.2) is 0 Å². The highest BCUT2D eigenvalue weighted by Gasteiger charge is 2.35. The second-order valence-electron chi connectivity index (χ2n) is 5.47. The predicted molar refractivity (Wildman–Crippen MR) is 92.4 cm³/mol. The Morgan fingerprint density at radius 1 is 1.04 bits per heavy atom. The van der Waals surface area contributed by atoms with E-state index in [-0.39, 0.29) is 17.2 Å². The lowest BCUT2D eigenvalue weighted by Crippen LogP contribution is -2.36. The van der Waals surface area contributed by atoms with Crippen LogP contribution < -0.4 is 21.9 Å². The van der Waals surface area contributed by atoms with Gasteiger partial charge in [0, 0.05) is 12.1 Å². The second-order valence-corrected chi connectivity index (χ2v) is 5.47. The molecule has 122 valence electrons. The average molecular weight is 322 g/mol. The highest BCUT2D eigenvalue weighted by Crippen LogP contribution is 2.37. The van der Waals surface area contributed by atoms with Gasteiger partial charge in [0.2, 0.25) is 0 Å². The van der Waals surface area contributed by atoms with Crippen molar-refractivity contribution in [2.24, 2.45) is 11.6 Å². The lowest BCUT2D eigenvalue weighted by Gasteiger charge is -2.17. The Morgan fingerprint density at radius 3 is 2.42 bits per heavy atom. The number of fused-ring (bicyclic) bond motifs is 1. The van der Waals surface area contributed by atoms with E-state index in [2.05, 4.69) is 0 Å². The molecule has 0 fully saturated rings. The summed E-state index contributed by atoms with van der Waals surface area (Å²) in [4.78, 5) is 26.2. The Bertz CT molecular complexity index is 815. The topological polar surface area (TPSA) is 101 Å². The maximum atomic E-state index is 12.8. The van der Waals surface area contributed by atoms with Crippen molar-refractivity contribution in [2.45, 2.75) is 6.42 Å². The van der Waals surface area contributed by atoms with Gasteiger partial charge >= 0.3 is 0 Å². The van der Waals surface area contributed by atoms with Gasteiger partial charge in [0.1, 0.15) is 5.70 Å². The molecule has 2 aromatic carbocycles. The maximum absolute atomic E-state index is 12.8. The number of rotatable bonds is 4. The van der Waals surface area contributed by atoms with Gasteiger partial charge in [-0.25, -0.2) is 5.84 Å². The van der Waals surface area contributed by atoms with E-state index in [0.717, 1.165) is 11.3 Å². The highest BCUT2D eigenvalue weighted by atomic mass is 16.2. The molecular formula is C18H18N4O2. The fraction of sp³-hybridized carbons (Fsp3) is 0.111. The van der Waals surface area contributed by atoms with Crippen LogP contribution in [0.1, 0.15) is 11.1 Å². The molecule has 0 aromatic heterocycles. The molecule has 0 saturated heterocycles. The summed E-state index contributed by atoms with van der Waals surface area (Å²) in [6, 6.07) is 17.2. The molecule has 6 heteroatoms. The maximum Gasteiger partial charge on any atom is 0.281 e. The van der Waals surface area contributed by atoms with Gasteiger partial charge in [-0.15, -0.1) is 0 Å².